The van der Waals surface area contributed by atoms with Crippen LogP contribution in [0, 0.1) is 6.92 Å². The molecule has 0 aliphatic heterocycles. The molecule has 0 aliphatic rings. The molecule has 0 bridgehead atoms. The number of carbonyl (C=O) groups excluding carboxylic acids is 1. The number of hydrogen-bond acceptors (Lipinski definition) is 4. The Labute approximate surface area is 106 Å². The van der Waals surface area contributed by atoms with Crippen LogP contribution in [0.25, 0.3) is 0 Å². The topological polar surface area (TPSA) is 60.4 Å². The fraction of sp³-hybridized carbons (Fsp3) is 0.364. The van der Waals surface area contributed by atoms with E-state index in [4.69, 9.17) is 0 Å². The van der Waals surface area contributed by atoms with Crippen molar-refractivity contribution in [2.24, 2.45) is 0 Å². The number of methoxy groups -OCH3 is 1. The van der Waals surface area contributed by atoms with E-state index in [1.165, 1.54) is 13.2 Å². The second-order valence-electron chi connectivity index (χ2n) is 3.64. The summed E-state index contributed by atoms with van der Waals surface area (Å²) in [5.41, 5.74) is 1.75. The van der Waals surface area contributed by atoms with Crippen LogP contribution in [-0.2, 0) is 24.8 Å². The van der Waals surface area contributed by atoms with Crippen LogP contribution in [0.15, 0.2) is 23.1 Å². The molecule has 0 N–H and O–H groups in total. The zero-order valence-corrected chi connectivity index (χ0v) is 11.3. The largest absolute Gasteiger partial charge is 0.469 e. The molecule has 1 rings (SSSR count). The predicted octanol–water partition coefficient (Wildman–Crippen LogP) is 1.72. The summed E-state index contributed by atoms with van der Waals surface area (Å²) >= 11 is 3.53. The average molecular weight is 274 g/mol. The number of thiol groups is 1. The highest BCUT2D eigenvalue weighted by Gasteiger charge is 2.11. The number of esters is 1. The molecule has 0 aliphatic carbocycles. The molecule has 0 atom stereocenters. The van der Waals surface area contributed by atoms with Crippen molar-refractivity contribution < 1.29 is 17.9 Å². The maximum absolute atomic E-state index is 11.3. The molecular formula is C11H14O4S2. The maximum atomic E-state index is 11.3. The summed E-state index contributed by atoms with van der Waals surface area (Å²) in [6, 6.07) is 4.75. The Morgan fingerprint density at radius 2 is 2.06 bits per heavy atom. The molecule has 0 fully saturated rings. The van der Waals surface area contributed by atoms with Gasteiger partial charge in [0, 0.05) is 6.42 Å². The summed E-state index contributed by atoms with van der Waals surface area (Å²) in [4.78, 5) is 11.2. The number of carbonyl (C=O) groups is 1. The lowest BCUT2D eigenvalue weighted by atomic mass is 10.0. The van der Waals surface area contributed by atoms with E-state index in [-0.39, 0.29) is 17.3 Å². The molecule has 17 heavy (non-hydrogen) atoms. The van der Waals surface area contributed by atoms with Crippen molar-refractivity contribution >= 4 is 26.5 Å². The van der Waals surface area contributed by atoms with Crippen molar-refractivity contribution in [2.75, 3.05) is 7.11 Å². The summed E-state index contributed by atoms with van der Waals surface area (Å²) in [5, 5.41) is 0. The van der Waals surface area contributed by atoms with Gasteiger partial charge in [0.15, 0.2) is 0 Å². The van der Waals surface area contributed by atoms with E-state index in [1.807, 2.05) is 6.92 Å². The Kier molecular flexibility index (Phi) is 4.59. The van der Waals surface area contributed by atoms with Crippen molar-refractivity contribution in [3.63, 3.8) is 0 Å². The molecule has 0 saturated carbocycles. The molecule has 0 saturated heterocycles. The molecule has 0 unspecified atom stereocenters. The zero-order chi connectivity index (χ0) is 13.1. The molecule has 0 radical (unpaired) electrons. The summed E-state index contributed by atoms with van der Waals surface area (Å²) in [6.45, 7) is 1.86. The number of aryl methyl sites for hydroxylation is 2. The van der Waals surface area contributed by atoms with E-state index in [2.05, 4.69) is 16.4 Å². The average Bonchev–Trinajstić information content (AvgIpc) is 2.26. The summed E-state index contributed by atoms with van der Waals surface area (Å²) in [6.07, 6.45) is 0.684. The molecule has 1 aromatic carbocycles. The van der Waals surface area contributed by atoms with E-state index in [0.29, 0.717) is 6.42 Å². The highest BCUT2D eigenvalue weighted by atomic mass is 33.1. The van der Waals surface area contributed by atoms with Gasteiger partial charge >= 0.3 is 5.97 Å². The Bertz CT molecular complexity index is 520. The van der Waals surface area contributed by atoms with Crippen LogP contribution in [0.2, 0.25) is 0 Å². The first-order valence-electron chi connectivity index (χ1n) is 4.98. The molecule has 6 heteroatoms. The first-order valence-corrected chi connectivity index (χ1v) is 7.52. The smallest absolute Gasteiger partial charge is 0.305 e. The normalized spacial score (nSPS) is 11.2. The molecule has 0 amide bonds. The van der Waals surface area contributed by atoms with Gasteiger partial charge in [0.25, 0.3) is 0 Å². The third kappa shape index (κ3) is 4.05. The summed E-state index contributed by atoms with van der Waals surface area (Å²) in [5.74, 6) is -0.316. The fourth-order valence-electron chi connectivity index (χ4n) is 1.42. The fourth-order valence-corrected chi connectivity index (χ4v) is 2.29. The van der Waals surface area contributed by atoms with Crippen molar-refractivity contribution in [1.82, 2.24) is 0 Å². The lowest BCUT2D eigenvalue weighted by Gasteiger charge is -2.07. The number of hydrogen-bond donors (Lipinski definition) is 1. The van der Waals surface area contributed by atoms with Crippen LogP contribution in [0.3, 0.4) is 0 Å². The lowest BCUT2D eigenvalue weighted by Crippen LogP contribution is -2.03. The minimum absolute atomic E-state index is 0.145. The van der Waals surface area contributed by atoms with Gasteiger partial charge in [-0.25, -0.2) is 8.42 Å². The second-order valence-corrected chi connectivity index (χ2v) is 6.50. The highest BCUT2D eigenvalue weighted by Crippen LogP contribution is 2.19. The van der Waals surface area contributed by atoms with Gasteiger partial charge in [0.2, 0.25) is 8.87 Å². The SMILES string of the molecule is COC(=O)CCc1cc(S(=O)(=O)S)ccc1C. The molecule has 0 aromatic heterocycles. The van der Waals surface area contributed by atoms with Crippen LogP contribution < -0.4 is 0 Å². The maximum Gasteiger partial charge on any atom is 0.305 e. The van der Waals surface area contributed by atoms with Crippen LogP contribution in [0.4, 0.5) is 0 Å². The highest BCUT2D eigenvalue weighted by molar-refractivity contribution is 8.63. The van der Waals surface area contributed by atoms with E-state index in [1.54, 1.807) is 12.1 Å². The number of benzene rings is 1. The van der Waals surface area contributed by atoms with E-state index in [9.17, 15) is 13.2 Å². The Hall–Kier alpha value is -1.01. The zero-order valence-electron chi connectivity index (χ0n) is 9.63. The van der Waals surface area contributed by atoms with Gasteiger partial charge in [0.1, 0.15) is 0 Å². The van der Waals surface area contributed by atoms with Gasteiger partial charge < -0.3 is 4.74 Å². The third-order valence-electron chi connectivity index (χ3n) is 2.44. The lowest BCUT2D eigenvalue weighted by molar-refractivity contribution is -0.140. The Morgan fingerprint density at radius 1 is 1.41 bits per heavy atom. The minimum Gasteiger partial charge on any atom is -0.469 e. The van der Waals surface area contributed by atoms with Crippen LogP contribution >= 0.6 is 11.7 Å². The van der Waals surface area contributed by atoms with Crippen LogP contribution in [0.1, 0.15) is 17.5 Å². The summed E-state index contributed by atoms with van der Waals surface area (Å²) < 4.78 is 27.1. The first kappa shape index (κ1) is 14.1. The van der Waals surface area contributed by atoms with E-state index in [0.717, 1.165) is 11.1 Å². The van der Waals surface area contributed by atoms with Gasteiger partial charge in [-0.05, 0) is 48.3 Å². The monoisotopic (exact) mass is 274 g/mol. The number of rotatable bonds is 4. The Balaban J connectivity index is 2.96. The minimum atomic E-state index is -3.51. The second kappa shape index (κ2) is 5.55. The van der Waals surface area contributed by atoms with Gasteiger partial charge in [-0.15, -0.1) is 0 Å². The molecule has 0 spiro atoms. The van der Waals surface area contributed by atoms with E-state index >= 15 is 0 Å². The predicted molar refractivity (Wildman–Crippen MR) is 67.7 cm³/mol. The number of ether oxygens (including phenoxy) is 1. The van der Waals surface area contributed by atoms with Gasteiger partial charge in [-0.1, -0.05) is 6.07 Å². The molecule has 94 valence electrons. The first-order chi connectivity index (χ1) is 7.84. The van der Waals surface area contributed by atoms with Gasteiger partial charge in [-0.2, -0.15) is 0 Å². The molecule has 0 heterocycles. The van der Waals surface area contributed by atoms with Crippen molar-refractivity contribution in [1.29, 1.82) is 0 Å². The van der Waals surface area contributed by atoms with Crippen molar-refractivity contribution in [3.05, 3.63) is 29.3 Å². The molecule has 4 nitrogen and oxygen atoms in total. The summed E-state index contributed by atoms with van der Waals surface area (Å²) in [7, 11) is -2.18. The molecular weight excluding hydrogens is 260 g/mol. The van der Waals surface area contributed by atoms with Crippen molar-refractivity contribution in [2.45, 2.75) is 24.7 Å². The van der Waals surface area contributed by atoms with Crippen molar-refractivity contribution in [3.8, 4) is 0 Å². The van der Waals surface area contributed by atoms with Crippen LogP contribution in [0.5, 0.6) is 0 Å². The Morgan fingerprint density at radius 3 is 2.59 bits per heavy atom. The van der Waals surface area contributed by atoms with Crippen LogP contribution in [-0.4, -0.2) is 21.5 Å². The quantitative estimate of drug-likeness (QED) is 0.516. The van der Waals surface area contributed by atoms with Gasteiger partial charge in [-0.3, -0.25) is 4.79 Å². The molecule has 1 aromatic rings. The third-order valence-corrected chi connectivity index (χ3v) is 3.93. The van der Waals surface area contributed by atoms with Gasteiger partial charge in [0.05, 0.1) is 12.0 Å². The van der Waals surface area contributed by atoms with E-state index < -0.39 is 8.87 Å². The standard InChI is InChI=1S/C11H14O4S2/c1-8-3-5-10(17(13,14)16)7-9(8)4-6-11(12)15-2/h3,5,7H,4,6H2,1-2H3,(H,13,14,16).